The van der Waals surface area contributed by atoms with Crippen LogP contribution < -0.4 is 5.32 Å². The molecule has 0 fully saturated rings. The number of benzene rings is 2. The number of rotatable bonds is 8. The second kappa shape index (κ2) is 13.7. The quantitative estimate of drug-likeness (QED) is 0.404. The summed E-state index contributed by atoms with van der Waals surface area (Å²) in [7, 11) is 0. The molecule has 1 amide bonds. The average molecular weight is 452 g/mol. The first-order valence-corrected chi connectivity index (χ1v) is 11.4. The van der Waals surface area contributed by atoms with Gasteiger partial charge in [-0.3, -0.25) is 4.79 Å². The normalized spacial score (nSPS) is 11.5. The lowest BCUT2D eigenvalue weighted by Gasteiger charge is -2.18. The molecule has 2 rings (SSSR count). The second-order valence-electron chi connectivity index (χ2n) is 7.75. The Morgan fingerprint density at radius 2 is 1.63 bits per heavy atom. The summed E-state index contributed by atoms with van der Waals surface area (Å²) >= 11 is 11.4. The third-order valence-electron chi connectivity index (χ3n) is 5.16. The van der Waals surface area contributed by atoms with Crippen molar-refractivity contribution in [3.8, 4) is 0 Å². The summed E-state index contributed by atoms with van der Waals surface area (Å²) in [4.78, 5) is 12.4. The zero-order chi connectivity index (χ0) is 22.7. The Morgan fingerprint density at radius 1 is 1.00 bits per heavy atom. The molecule has 2 N–H and O–H groups in total. The molecule has 166 valence electrons. The maximum absolute atomic E-state index is 12.4. The molecule has 1 unspecified atom stereocenters. The number of unbranched alkanes of at least 4 members (excludes halogenated alkanes) is 2. The lowest BCUT2D eigenvalue weighted by molar-refractivity contribution is -0.120. The number of carbonyl (C=O) groups excluding carboxylic acids is 1. The Hall–Kier alpha value is -1.55. The van der Waals surface area contributed by atoms with E-state index in [2.05, 4.69) is 19.2 Å². The van der Waals surface area contributed by atoms with Gasteiger partial charge >= 0.3 is 0 Å². The van der Waals surface area contributed by atoms with Crippen LogP contribution in [0.25, 0.3) is 0 Å². The molecule has 0 heterocycles. The molecule has 0 bridgehead atoms. The number of aryl methyl sites for hydroxylation is 3. The second-order valence-corrected chi connectivity index (χ2v) is 8.59. The fraction of sp³-hybridized carbons (Fsp3) is 0.480. The Balaban J connectivity index is 0.000000414. The molecule has 2 aromatic carbocycles. The topological polar surface area (TPSA) is 49.3 Å². The Bertz CT molecular complexity index is 798. The van der Waals surface area contributed by atoms with E-state index in [0.717, 1.165) is 57.2 Å². The van der Waals surface area contributed by atoms with Crippen LogP contribution in [0, 0.1) is 26.7 Å². The average Bonchev–Trinajstić information content (AvgIpc) is 2.71. The van der Waals surface area contributed by atoms with E-state index in [1.165, 1.54) is 12.8 Å². The lowest BCUT2D eigenvalue weighted by atomic mass is 9.97. The molecule has 3 nitrogen and oxygen atoms in total. The van der Waals surface area contributed by atoms with Gasteiger partial charge in [0.25, 0.3) is 0 Å². The number of aliphatic hydroxyl groups excluding tert-OH is 1. The summed E-state index contributed by atoms with van der Waals surface area (Å²) in [6.45, 7) is 10.2. The molecule has 2 aromatic rings. The number of nitrogens with one attached hydrogen (secondary N) is 1. The van der Waals surface area contributed by atoms with Crippen LogP contribution in [0.3, 0.4) is 0 Å². The van der Waals surface area contributed by atoms with Crippen molar-refractivity contribution >= 4 is 34.8 Å². The van der Waals surface area contributed by atoms with Gasteiger partial charge in [-0.2, -0.15) is 0 Å². The van der Waals surface area contributed by atoms with Gasteiger partial charge < -0.3 is 10.4 Å². The van der Waals surface area contributed by atoms with Gasteiger partial charge in [-0.25, -0.2) is 0 Å². The highest BCUT2D eigenvalue weighted by atomic mass is 35.5. The van der Waals surface area contributed by atoms with E-state index in [1.807, 2.05) is 39.0 Å². The molecule has 30 heavy (non-hydrogen) atoms. The van der Waals surface area contributed by atoms with Crippen LogP contribution in [-0.4, -0.2) is 11.0 Å². The summed E-state index contributed by atoms with van der Waals surface area (Å²) < 4.78 is 0. The zero-order valence-corrected chi connectivity index (χ0v) is 20.3. The molecule has 1 atom stereocenters. The van der Waals surface area contributed by atoms with E-state index in [1.54, 1.807) is 12.1 Å². The Kier molecular flexibility index (Phi) is 12.1. The predicted molar refractivity (Wildman–Crippen MR) is 130 cm³/mol. The molecule has 0 saturated heterocycles. The van der Waals surface area contributed by atoms with Gasteiger partial charge in [-0.05, 0) is 74.1 Å². The standard InChI is InChI=1S/C18H29NO2.C7H6Cl2/c1-5-7-8-9-16(6-2)18(21)19-17-13(3)10-15(12-20)11-14(17)4;1-5-4-6(8)2-3-7(5)9/h10-11,16,20H,5-9,12H2,1-4H3,(H,19,21);2-4H,1H3. The first kappa shape index (κ1) is 26.5. The van der Waals surface area contributed by atoms with E-state index in [9.17, 15) is 9.90 Å². The first-order valence-electron chi connectivity index (χ1n) is 10.7. The molecule has 0 saturated carbocycles. The van der Waals surface area contributed by atoms with Crippen LogP contribution in [0.5, 0.6) is 0 Å². The molecule has 5 heteroatoms. The Morgan fingerprint density at radius 3 is 2.10 bits per heavy atom. The number of carbonyl (C=O) groups is 1. The van der Waals surface area contributed by atoms with Crippen molar-refractivity contribution in [3.63, 3.8) is 0 Å². The van der Waals surface area contributed by atoms with Gasteiger partial charge in [0.05, 0.1) is 6.61 Å². The highest BCUT2D eigenvalue weighted by Gasteiger charge is 2.17. The number of hydrogen-bond donors (Lipinski definition) is 2. The highest BCUT2D eigenvalue weighted by molar-refractivity contribution is 6.33. The van der Waals surface area contributed by atoms with Crippen molar-refractivity contribution in [1.29, 1.82) is 0 Å². The van der Waals surface area contributed by atoms with Gasteiger partial charge in [0.15, 0.2) is 0 Å². The zero-order valence-electron chi connectivity index (χ0n) is 18.8. The minimum atomic E-state index is 0.0323. The van der Waals surface area contributed by atoms with Crippen molar-refractivity contribution in [3.05, 3.63) is 62.6 Å². The van der Waals surface area contributed by atoms with Gasteiger partial charge in [0.1, 0.15) is 0 Å². The van der Waals surface area contributed by atoms with E-state index in [0.29, 0.717) is 0 Å². The highest BCUT2D eigenvalue weighted by Crippen LogP contribution is 2.24. The molecule has 0 aromatic heterocycles. The van der Waals surface area contributed by atoms with Crippen molar-refractivity contribution in [2.45, 2.75) is 73.3 Å². The predicted octanol–water partition coefficient (Wildman–Crippen LogP) is 7.64. The number of halogens is 2. The van der Waals surface area contributed by atoms with Crippen LogP contribution in [0.15, 0.2) is 30.3 Å². The van der Waals surface area contributed by atoms with Crippen LogP contribution in [0.1, 0.15) is 68.2 Å². The van der Waals surface area contributed by atoms with E-state index in [-0.39, 0.29) is 18.4 Å². The van der Waals surface area contributed by atoms with Gasteiger partial charge in [-0.15, -0.1) is 0 Å². The van der Waals surface area contributed by atoms with Crippen molar-refractivity contribution in [1.82, 2.24) is 0 Å². The molecule has 0 aliphatic rings. The SMILES string of the molecule is CCCCCC(CC)C(=O)Nc1c(C)cc(CO)cc1C.Cc1cc(Cl)ccc1Cl. The fourth-order valence-corrected chi connectivity index (χ4v) is 3.68. The number of amides is 1. The van der Waals surface area contributed by atoms with Crippen LogP contribution in [0.4, 0.5) is 5.69 Å². The van der Waals surface area contributed by atoms with E-state index in [4.69, 9.17) is 23.2 Å². The molecule has 0 aliphatic carbocycles. The van der Waals surface area contributed by atoms with Gasteiger partial charge in [0.2, 0.25) is 5.91 Å². The number of hydrogen-bond acceptors (Lipinski definition) is 2. The van der Waals surface area contributed by atoms with Crippen molar-refractivity contribution in [2.75, 3.05) is 5.32 Å². The minimum absolute atomic E-state index is 0.0323. The summed E-state index contributed by atoms with van der Waals surface area (Å²) in [6, 6.07) is 9.27. The maximum atomic E-state index is 12.4. The van der Waals surface area contributed by atoms with Crippen molar-refractivity contribution < 1.29 is 9.90 Å². The minimum Gasteiger partial charge on any atom is -0.392 e. The van der Waals surface area contributed by atoms with Crippen LogP contribution in [0.2, 0.25) is 10.0 Å². The lowest BCUT2D eigenvalue weighted by Crippen LogP contribution is -2.23. The summed E-state index contributed by atoms with van der Waals surface area (Å²) in [5, 5.41) is 13.8. The third-order valence-corrected chi connectivity index (χ3v) is 5.82. The van der Waals surface area contributed by atoms with Gasteiger partial charge in [-0.1, -0.05) is 68.4 Å². The molecular weight excluding hydrogens is 417 g/mol. The van der Waals surface area contributed by atoms with Crippen LogP contribution in [-0.2, 0) is 11.4 Å². The van der Waals surface area contributed by atoms with Gasteiger partial charge in [0, 0.05) is 21.7 Å². The summed E-state index contributed by atoms with van der Waals surface area (Å²) in [5.41, 5.74) is 4.82. The Labute approximate surface area is 191 Å². The summed E-state index contributed by atoms with van der Waals surface area (Å²) in [5.74, 6) is 0.212. The molecule has 0 spiro atoms. The van der Waals surface area contributed by atoms with E-state index < -0.39 is 0 Å². The molecular formula is C25H35Cl2NO2. The molecule has 0 radical (unpaired) electrons. The van der Waals surface area contributed by atoms with E-state index >= 15 is 0 Å². The smallest absolute Gasteiger partial charge is 0.227 e. The maximum Gasteiger partial charge on any atom is 0.227 e. The van der Waals surface area contributed by atoms with Crippen molar-refractivity contribution in [2.24, 2.45) is 5.92 Å². The first-order chi connectivity index (χ1) is 14.2. The monoisotopic (exact) mass is 451 g/mol. The van der Waals surface area contributed by atoms with Crippen LogP contribution >= 0.6 is 23.2 Å². The number of anilines is 1. The fourth-order valence-electron chi connectivity index (χ4n) is 3.34. The third kappa shape index (κ3) is 8.67. The molecule has 0 aliphatic heterocycles. The number of aliphatic hydroxyl groups is 1. The summed E-state index contributed by atoms with van der Waals surface area (Å²) in [6.07, 6.45) is 5.32. The largest absolute Gasteiger partial charge is 0.392 e.